The summed E-state index contributed by atoms with van der Waals surface area (Å²) in [4.78, 5) is 17.5. The third kappa shape index (κ3) is 5.28. The predicted molar refractivity (Wildman–Crippen MR) is 123 cm³/mol. The first-order valence-electron chi connectivity index (χ1n) is 10.8. The van der Waals surface area contributed by atoms with Gasteiger partial charge < -0.3 is 10.3 Å². The van der Waals surface area contributed by atoms with Crippen molar-refractivity contribution in [3.8, 4) is 0 Å². The van der Waals surface area contributed by atoms with Gasteiger partial charge in [-0.25, -0.2) is 27.0 Å². The molecule has 4 rings (SSSR count). The molecule has 0 saturated heterocycles. The van der Waals surface area contributed by atoms with Crippen LogP contribution in [0.2, 0.25) is 0 Å². The molecule has 0 bridgehead atoms. The van der Waals surface area contributed by atoms with Crippen LogP contribution in [0.25, 0.3) is 22.1 Å². The van der Waals surface area contributed by atoms with Gasteiger partial charge in [0.05, 0.1) is 28.8 Å². The average molecular weight is 532 g/mol. The van der Waals surface area contributed by atoms with Crippen LogP contribution in [0, 0.1) is 11.6 Å². The molecule has 14 heteroatoms. The van der Waals surface area contributed by atoms with Gasteiger partial charge in [0.1, 0.15) is 33.5 Å². The average Bonchev–Trinajstić information content (AvgIpc) is 3.21. The van der Waals surface area contributed by atoms with E-state index in [2.05, 4.69) is 4.98 Å². The number of imidazole rings is 2. The van der Waals surface area contributed by atoms with Gasteiger partial charge in [-0.05, 0) is 24.1 Å². The number of fused-ring (bicyclic) bond motifs is 2. The molecule has 4 aromatic rings. The third-order valence-electron chi connectivity index (χ3n) is 5.69. The number of benzene rings is 2. The van der Waals surface area contributed by atoms with Crippen LogP contribution in [0.1, 0.15) is 17.8 Å². The van der Waals surface area contributed by atoms with Crippen LogP contribution >= 0.6 is 0 Å². The van der Waals surface area contributed by atoms with Gasteiger partial charge in [-0.2, -0.15) is 13.2 Å². The molecule has 0 aliphatic heterocycles. The molecule has 0 amide bonds. The van der Waals surface area contributed by atoms with Crippen LogP contribution in [-0.2, 0) is 36.0 Å². The Morgan fingerprint density at radius 1 is 1.03 bits per heavy atom. The first-order chi connectivity index (χ1) is 16.8. The number of nitrogens with two attached hydrogens (primary N) is 1. The highest BCUT2D eigenvalue weighted by molar-refractivity contribution is 7.90. The maximum Gasteiger partial charge on any atom is 0.406 e. The lowest BCUT2D eigenvalue weighted by Crippen LogP contribution is -2.30. The fraction of sp³-hybridized carbons (Fsp3) is 0.364. The van der Waals surface area contributed by atoms with Gasteiger partial charge >= 0.3 is 11.9 Å². The van der Waals surface area contributed by atoms with E-state index >= 15 is 0 Å². The number of rotatable bonds is 8. The van der Waals surface area contributed by atoms with Crippen molar-refractivity contribution in [2.45, 2.75) is 38.8 Å². The van der Waals surface area contributed by atoms with Crippen LogP contribution in [0.4, 0.5) is 22.0 Å². The summed E-state index contributed by atoms with van der Waals surface area (Å²) in [6.07, 6.45) is -3.54. The topological polar surface area (TPSA) is 105 Å². The molecule has 0 aliphatic carbocycles. The molecule has 36 heavy (non-hydrogen) atoms. The van der Waals surface area contributed by atoms with Crippen molar-refractivity contribution in [3.05, 3.63) is 63.8 Å². The van der Waals surface area contributed by atoms with Gasteiger partial charge in [0.2, 0.25) is 0 Å². The van der Waals surface area contributed by atoms with Gasteiger partial charge in [-0.1, -0.05) is 6.07 Å². The molecular formula is C22H22F5N5O3S. The zero-order valence-corrected chi connectivity index (χ0v) is 19.8. The highest BCUT2D eigenvalue weighted by atomic mass is 32.2. The molecule has 194 valence electrons. The first kappa shape index (κ1) is 25.8. The molecule has 2 aromatic carbocycles. The van der Waals surface area contributed by atoms with E-state index in [0.29, 0.717) is 17.1 Å². The van der Waals surface area contributed by atoms with E-state index in [9.17, 15) is 35.2 Å². The molecule has 2 N–H and O–H groups in total. The van der Waals surface area contributed by atoms with Crippen molar-refractivity contribution in [2.75, 3.05) is 12.0 Å². The molecule has 0 fully saturated rings. The van der Waals surface area contributed by atoms with E-state index in [1.807, 2.05) is 0 Å². The normalized spacial score (nSPS) is 12.8. The number of halogens is 5. The van der Waals surface area contributed by atoms with Crippen molar-refractivity contribution in [2.24, 2.45) is 5.73 Å². The first-order valence-corrected chi connectivity index (χ1v) is 12.8. The monoisotopic (exact) mass is 531 g/mol. The minimum Gasteiger partial charge on any atom is -0.326 e. The molecule has 0 atom stereocenters. The van der Waals surface area contributed by atoms with E-state index < -0.39 is 51.9 Å². The van der Waals surface area contributed by atoms with Crippen molar-refractivity contribution in [1.82, 2.24) is 18.7 Å². The summed E-state index contributed by atoms with van der Waals surface area (Å²) in [5, 5.41) is 0. The van der Waals surface area contributed by atoms with E-state index in [1.54, 1.807) is 22.8 Å². The number of alkyl halides is 3. The fourth-order valence-corrected chi connectivity index (χ4v) is 4.85. The van der Waals surface area contributed by atoms with Crippen molar-refractivity contribution >= 4 is 31.9 Å². The molecule has 0 unspecified atom stereocenters. The quantitative estimate of drug-likeness (QED) is 0.352. The smallest absolute Gasteiger partial charge is 0.326 e. The van der Waals surface area contributed by atoms with E-state index in [4.69, 9.17) is 5.73 Å². The van der Waals surface area contributed by atoms with Crippen LogP contribution in [0.5, 0.6) is 0 Å². The summed E-state index contributed by atoms with van der Waals surface area (Å²) in [6.45, 7) is -1.79. The van der Waals surface area contributed by atoms with Crippen LogP contribution in [0.3, 0.4) is 0 Å². The van der Waals surface area contributed by atoms with Crippen LogP contribution in [-0.4, -0.2) is 45.3 Å². The Morgan fingerprint density at radius 3 is 2.39 bits per heavy atom. The molecule has 2 heterocycles. The Hall–Kier alpha value is -3.26. The summed E-state index contributed by atoms with van der Waals surface area (Å²) >= 11 is 0. The predicted octanol–water partition coefficient (Wildman–Crippen LogP) is 2.93. The van der Waals surface area contributed by atoms with Crippen LogP contribution < -0.4 is 11.4 Å². The van der Waals surface area contributed by atoms with Crippen LogP contribution in [0.15, 0.2) is 35.1 Å². The Kier molecular flexibility index (Phi) is 6.68. The summed E-state index contributed by atoms with van der Waals surface area (Å²) < 4.78 is 94.0. The SMILES string of the molecule is CS(=O)(=O)CCCn1c(Cn2c(=O)n(CC(F)(F)F)c3c(F)cc(F)cc32)nc2cc(CN)ccc21. The molecular weight excluding hydrogens is 509 g/mol. The highest BCUT2D eigenvalue weighted by Gasteiger charge is 2.32. The summed E-state index contributed by atoms with van der Waals surface area (Å²) in [5.41, 5.74) is 5.26. The third-order valence-corrected chi connectivity index (χ3v) is 6.72. The van der Waals surface area contributed by atoms with Crippen molar-refractivity contribution in [1.29, 1.82) is 0 Å². The van der Waals surface area contributed by atoms with Gasteiger partial charge in [-0.3, -0.25) is 9.13 Å². The molecule has 0 radical (unpaired) electrons. The zero-order chi connectivity index (χ0) is 26.4. The molecule has 0 aliphatic rings. The Balaban J connectivity index is 1.88. The lowest BCUT2D eigenvalue weighted by atomic mass is 10.2. The summed E-state index contributed by atoms with van der Waals surface area (Å²) in [5.74, 6) is -2.30. The number of aryl methyl sites for hydroxylation is 1. The number of sulfone groups is 1. The van der Waals surface area contributed by atoms with Gasteiger partial charge in [0.15, 0.2) is 5.82 Å². The molecule has 2 aromatic heterocycles. The van der Waals surface area contributed by atoms with Gasteiger partial charge in [0.25, 0.3) is 0 Å². The minimum atomic E-state index is -4.83. The lowest BCUT2D eigenvalue weighted by molar-refractivity contribution is -0.140. The zero-order valence-electron chi connectivity index (χ0n) is 19.0. The molecule has 0 spiro atoms. The Morgan fingerprint density at radius 2 is 1.75 bits per heavy atom. The lowest BCUT2D eigenvalue weighted by Gasteiger charge is -2.10. The standard InChI is InChI=1S/C22H22F5N5O3S/c1-36(34,35)6-2-5-30-17-4-3-13(10-28)7-16(17)29-19(30)11-31-18-9-14(23)8-15(24)20(18)32(21(31)33)12-22(25,26)27/h3-4,7-9H,2,5-6,10-12,28H2,1H3. The molecule has 0 saturated carbocycles. The summed E-state index contributed by atoms with van der Waals surface area (Å²) in [7, 11) is -3.27. The maximum atomic E-state index is 14.6. The van der Waals surface area contributed by atoms with Crippen molar-refractivity contribution in [3.63, 3.8) is 0 Å². The summed E-state index contributed by atoms with van der Waals surface area (Å²) in [6, 6.07) is 6.35. The number of hydrogen-bond donors (Lipinski definition) is 1. The van der Waals surface area contributed by atoms with E-state index in [1.165, 1.54) is 0 Å². The second-order valence-corrected chi connectivity index (χ2v) is 10.8. The Bertz CT molecular complexity index is 1620. The number of nitrogens with zero attached hydrogens (tertiary/aromatic N) is 4. The number of aromatic nitrogens is 4. The second kappa shape index (κ2) is 9.32. The van der Waals surface area contributed by atoms with Gasteiger partial charge in [-0.15, -0.1) is 0 Å². The highest BCUT2D eigenvalue weighted by Crippen LogP contribution is 2.25. The van der Waals surface area contributed by atoms with E-state index in [-0.39, 0.29) is 41.2 Å². The van der Waals surface area contributed by atoms with Crippen molar-refractivity contribution < 1.29 is 30.4 Å². The van der Waals surface area contributed by atoms with E-state index in [0.717, 1.165) is 22.5 Å². The number of hydrogen-bond acceptors (Lipinski definition) is 5. The second-order valence-electron chi connectivity index (χ2n) is 8.52. The molecule has 8 nitrogen and oxygen atoms in total. The maximum absolute atomic E-state index is 14.6. The minimum absolute atomic E-state index is 0.131. The fourth-order valence-electron chi connectivity index (χ4n) is 4.20. The Labute approximate surface area is 201 Å². The van der Waals surface area contributed by atoms with Gasteiger partial charge in [0, 0.05) is 31.5 Å². The largest absolute Gasteiger partial charge is 0.406 e.